The highest BCUT2D eigenvalue weighted by Gasteiger charge is 2.29. The third kappa shape index (κ3) is 1.88. The van der Waals surface area contributed by atoms with E-state index in [1.165, 1.54) is 0 Å². The van der Waals surface area contributed by atoms with Gasteiger partial charge < -0.3 is 10.3 Å². The second-order valence-corrected chi connectivity index (χ2v) is 4.65. The molecule has 2 N–H and O–H groups in total. The molecule has 2 aromatic rings. The molecule has 0 unspecified atom stereocenters. The Kier molecular flexibility index (Phi) is 2.40. The summed E-state index contributed by atoms with van der Waals surface area (Å²) < 4.78 is 0. The summed E-state index contributed by atoms with van der Waals surface area (Å²) in [5, 5.41) is 3.37. The van der Waals surface area contributed by atoms with Crippen LogP contribution in [-0.4, -0.2) is 15.9 Å². The van der Waals surface area contributed by atoms with Crippen molar-refractivity contribution < 1.29 is 4.79 Å². The standard InChI is InChI=1S/C13H13N3O2/c1-7-6-10(16-12(17)8-2-3-8)15-9-4-5-14-13(18)11(7)9/h4-6,8H,2-3H2,1H3,(H,14,18)(H,15,16,17). The molecule has 0 spiro atoms. The number of fused-ring (bicyclic) bond motifs is 1. The Morgan fingerprint density at radius 2 is 2.28 bits per heavy atom. The van der Waals surface area contributed by atoms with Crippen molar-refractivity contribution in [3.05, 3.63) is 34.2 Å². The Balaban J connectivity index is 2.04. The van der Waals surface area contributed by atoms with Crippen molar-refractivity contribution in [2.75, 3.05) is 5.32 Å². The van der Waals surface area contributed by atoms with E-state index in [2.05, 4.69) is 15.3 Å². The quantitative estimate of drug-likeness (QED) is 0.840. The van der Waals surface area contributed by atoms with Gasteiger partial charge in [0.05, 0.1) is 10.9 Å². The summed E-state index contributed by atoms with van der Waals surface area (Å²) in [4.78, 5) is 30.3. The number of pyridine rings is 2. The first-order chi connectivity index (χ1) is 8.65. The third-order valence-corrected chi connectivity index (χ3v) is 3.13. The molecule has 2 heterocycles. The maximum Gasteiger partial charge on any atom is 0.257 e. The summed E-state index contributed by atoms with van der Waals surface area (Å²) in [6, 6.07) is 3.47. The number of hydrogen-bond donors (Lipinski definition) is 2. The summed E-state index contributed by atoms with van der Waals surface area (Å²) in [6.45, 7) is 1.84. The predicted octanol–water partition coefficient (Wildman–Crippen LogP) is 1.58. The van der Waals surface area contributed by atoms with Crippen LogP contribution in [0.15, 0.2) is 23.1 Å². The number of carbonyl (C=O) groups excluding carboxylic acids is 1. The molecule has 0 saturated heterocycles. The lowest BCUT2D eigenvalue weighted by Crippen LogP contribution is -2.15. The van der Waals surface area contributed by atoms with Crippen LogP contribution in [0.4, 0.5) is 5.82 Å². The van der Waals surface area contributed by atoms with E-state index in [1.54, 1.807) is 18.3 Å². The summed E-state index contributed by atoms with van der Waals surface area (Å²) in [5.41, 5.74) is 1.26. The number of carbonyl (C=O) groups is 1. The number of nitrogens with zero attached hydrogens (tertiary/aromatic N) is 1. The normalized spacial score (nSPS) is 14.7. The minimum absolute atomic E-state index is 0.0195. The Morgan fingerprint density at radius 1 is 1.50 bits per heavy atom. The molecule has 92 valence electrons. The summed E-state index contributed by atoms with van der Waals surface area (Å²) >= 11 is 0. The average molecular weight is 243 g/mol. The molecule has 0 radical (unpaired) electrons. The van der Waals surface area contributed by atoms with Crippen LogP contribution in [0, 0.1) is 12.8 Å². The van der Waals surface area contributed by atoms with Gasteiger partial charge in [-0.25, -0.2) is 4.98 Å². The van der Waals surface area contributed by atoms with Gasteiger partial charge in [-0.3, -0.25) is 9.59 Å². The van der Waals surface area contributed by atoms with Gasteiger partial charge in [0.15, 0.2) is 0 Å². The molecule has 5 nitrogen and oxygen atoms in total. The molecule has 2 aromatic heterocycles. The molecular formula is C13H13N3O2. The molecule has 0 atom stereocenters. The van der Waals surface area contributed by atoms with Crippen LogP contribution in [0.25, 0.3) is 10.9 Å². The van der Waals surface area contributed by atoms with Crippen molar-refractivity contribution in [2.45, 2.75) is 19.8 Å². The smallest absolute Gasteiger partial charge is 0.257 e. The molecule has 1 aliphatic rings. The number of amides is 1. The SMILES string of the molecule is Cc1cc(NC(=O)C2CC2)nc2cc[nH]c(=O)c12. The third-order valence-electron chi connectivity index (χ3n) is 3.13. The maximum atomic E-state index is 11.7. The van der Waals surface area contributed by atoms with Crippen LogP contribution in [0.2, 0.25) is 0 Å². The number of rotatable bonds is 2. The number of hydrogen-bond acceptors (Lipinski definition) is 3. The van der Waals surface area contributed by atoms with E-state index in [0.29, 0.717) is 16.7 Å². The second-order valence-electron chi connectivity index (χ2n) is 4.65. The highest BCUT2D eigenvalue weighted by Crippen LogP contribution is 2.30. The summed E-state index contributed by atoms with van der Waals surface area (Å²) in [6.07, 6.45) is 3.47. The van der Waals surface area contributed by atoms with Crippen LogP contribution in [0.5, 0.6) is 0 Å². The van der Waals surface area contributed by atoms with E-state index >= 15 is 0 Å². The molecule has 1 fully saturated rings. The van der Waals surface area contributed by atoms with Gasteiger partial charge in [-0.2, -0.15) is 0 Å². The van der Waals surface area contributed by atoms with E-state index in [4.69, 9.17) is 0 Å². The maximum absolute atomic E-state index is 11.7. The lowest BCUT2D eigenvalue weighted by molar-refractivity contribution is -0.117. The van der Waals surface area contributed by atoms with Crippen LogP contribution in [-0.2, 0) is 4.79 Å². The van der Waals surface area contributed by atoms with Crippen LogP contribution in [0.3, 0.4) is 0 Å². The monoisotopic (exact) mass is 243 g/mol. The fourth-order valence-electron chi connectivity index (χ4n) is 2.02. The Morgan fingerprint density at radius 3 is 3.00 bits per heavy atom. The van der Waals surface area contributed by atoms with E-state index in [1.807, 2.05) is 6.92 Å². The summed E-state index contributed by atoms with van der Waals surface area (Å²) in [7, 11) is 0. The van der Waals surface area contributed by atoms with Gasteiger partial charge in [0, 0.05) is 12.1 Å². The molecule has 0 aromatic carbocycles. The molecule has 0 bridgehead atoms. The number of aryl methyl sites for hydroxylation is 1. The molecule has 3 rings (SSSR count). The largest absolute Gasteiger partial charge is 0.328 e. The van der Waals surface area contributed by atoms with Crippen molar-refractivity contribution in [2.24, 2.45) is 5.92 Å². The van der Waals surface area contributed by atoms with Gasteiger partial charge in [-0.1, -0.05) is 0 Å². The van der Waals surface area contributed by atoms with Gasteiger partial charge >= 0.3 is 0 Å². The number of aromatic amines is 1. The highest BCUT2D eigenvalue weighted by atomic mass is 16.2. The first-order valence-electron chi connectivity index (χ1n) is 5.95. The van der Waals surface area contributed by atoms with Crippen molar-refractivity contribution >= 4 is 22.6 Å². The van der Waals surface area contributed by atoms with Crippen molar-refractivity contribution in [1.29, 1.82) is 0 Å². The minimum Gasteiger partial charge on any atom is -0.328 e. The molecule has 1 saturated carbocycles. The molecule has 1 aliphatic carbocycles. The molecule has 1 amide bonds. The zero-order valence-electron chi connectivity index (χ0n) is 9.99. The number of aromatic nitrogens is 2. The second kappa shape index (κ2) is 3.94. The van der Waals surface area contributed by atoms with E-state index in [-0.39, 0.29) is 17.4 Å². The lowest BCUT2D eigenvalue weighted by atomic mass is 10.1. The Bertz CT molecular complexity index is 686. The van der Waals surface area contributed by atoms with Gasteiger partial charge in [0.1, 0.15) is 5.82 Å². The van der Waals surface area contributed by atoms with E-state index < -0.39 is 0 Å². The highest BCUT2D eigenvalue weighted by molar-refractivity contribution is 5.94. The lowest BCUT2D eigenvalue weighted by Gasteiger charge is -2.06. The van der Waals surface area contributed by atoms with E-state index in [0.717, 1.165) is 18.4 Å². The van der Waals surface area contributed by atoms with Gasteiger partial charge in [-0.05, 0) is 37.5 Å². The Labute approximate surface area is 103 Å². The van der Waals surface area contributed by atoms with Gasteiger partial charge in [-0.15, -0.1) is 0 Å². The molecule has 5 heteroatoms. The van der Waals surface area contributed by atoms with E-state index in [9.17, 15) is 9.59 Å². The van der Waals surface area contributed by atoms with Gasteiger partial charge in [0.25, 0.3) is 5.56 Å². The first kappa shape index (κ1) is 11.0. The predicted molar refractivity (Wildman–Crippen MR) is 68.5 cm³/mol. The number of H-pyrrole nitrogens is 1. The zero-order chi connectivity index (χ0) is 12.7. The van der Waals surface area contributed by atoms with Crippen molar-refractivity contribution in [3.63, 3.8) is 0 Å². The minimum atomic E-state index is -0.155. The first-order valence-corrected chi connectivity index (χ1v) is 5.95. The molecular weight excluding hydrogens is 230 g/mol. The Hall–Kier alpha value is -2.17. The molecule has 0 aliphatic heterocycles. The zero-order valence-corrected chi connectivity index (χ0v) is 9.99. The average Bonchev–Trinajstić information content (AvgIpc) is 3.12. The fourth-order valence-corrected chi connectivity index (χ4v) is 2.02. The van der Waals surface area contributed by atoms with Crippen molar-refractivity contribution in [3.8, 4) is 0 Å². The van der Waals surface area contributed by atoms with Gasteiger partial charge in [0.2, 0.25) is 5.91 Å². The topological polar surface area (TPSA) is 74.8 Å². The van der Waals surface area contributed by atoms with Crippen LogP contribution < -0.4 is 10.9 Å². The summed E-state index contributed by atoms with van der Waals surface area (Å²) in [5.74, 6) is 0.676. The van der Waals surface area contributed by atoms with Crippen molar-refractivity contribution in [1.82, 2.24) is 9.97 Å². The molecule has 18 heavy (non-hydrogen) atoms. The fraction of sp³-hybridized carbons (Fsp3) is 0.308. The number of nitrogens with one attached hydrogen (secondary N) is 2. The number of anilines is 1. The van der Waals surface area contributed by atoms with Crippen LogP contribution >= 0.6 is 0 Å². The van der Waals surface area contributed by atoms with Crippen LogP contribution in [0.1, 0.15) is 18.4 Å².